The van der Waals surface area contributed by atoms with Crippen LogP contribution in [0.3, 0.4) is 0 Å². The van der Waals surface area contributed by atoms with Gasteiger partial charge in [-0.05, 0) is 36.5 Å². The van der Waals surface area contributed by atoms with E-state index in [4.69, 9.17) is 0 Å². The lowest BCUT2D eigenvalue weighted by molar-refractivity contribution is -0.114. The van der Waals surface area contributed by atoms with Crippen molar-refractivity contribution >= 4 is 17.5 Å². The topological polar surface area (TPSA) is 17.1 Å². The van der Waals surface area contributed by atoms with E-state index in [0.717, 1.165) is 17.1 Å². The first-order chi connectivity index (χ1) is 6.33. The summed E-state index contributed by atoms with van der Waals surface area (Å²) in [7, 11) is 0. The number of carbonyl (C=O) groups excluding carboxylic acids is 1. The molecule has 2 rings (SSSR count). The Morgan fingerprint density at radius 2 is 2.38 bits per heavy atom. The number of rotatable bonds is 2. The quantitative estimate of drug-likeness (QED) is 0.675. The molecule has 1 nitrogen and oxygen atoms in total. The number of thioether (sulfide) groups is 1. The van der Waals surface area contributed by atoms with Crippen LogP contribution < -0.4 is 0 Å². The molecule has 0 saturated carbocycles. The molecule has 0 fully saturated rings. The van der Waals surface area contributed by atoms with Crippen LogP contribution in [0.2, 0.25) is 0 Å². The van der Waals surface area contributed by atoms with Gasteiger partial charge in [0.15, 0.2) is 5.78 Å². The van der Waals surface area contributed by atoms with Crippen LogP contribution in [0.25, 0.3) is 0 Å². The van der Waals surface area contributed by atoms with E-state index in [1.807, 2.05) is 0 Å². The second-order valence-electron chi connectivity index (χ2n) is 3.92. The largest absolute Gasteiger partial charge is 0.294 e. The fraction of sp³-hybridized carbons (Fsp3) is 0.727. The maximum Gasteiger partial charge on any atom is 0.169 e. The lowest BCUT2D eigenvalue weighted by Crippen LogP contribution is -2.02. The van der Waals surface area contributed by atoms with Gasteiger partial charge >= 0.3 is 0 Å². The highest BCUT2D eigenvalue weighted by Crippen LogP contribution is 2.43. The van der Waals surface area contributed by atoms with E-state index in [0.29, 0.717) is 11.7 Å². The van der Waals surface area contributed by atoms with Crippen LogP contribution >= 0.6 is 11.8 Å². The lowest BCUT2D eigenvalue weighted by Gasteiger charge is -2.17. The third-order valence-corrected chi connectivity index (χ3v) is 4.21. The monoisotopic (exact) mass is 196 g/mol. The van der Waals surface area contributed by atoms with Crippen molar-refractivity contribution in [2.45, 2.75) is 39.0 Å². The minimum absolute atomic E-state index is 0.429. The van der Waals surface area contributed by atoms with Gasteiger partial charge in [-0.2, -0.15) is 0 Å². The zero-order chi connectivity index (χ0) is 9.26. The molecule has 0 bridgehead atoms. The molecule has 13 heavy (non-hydrogen) atoms. The molecule has 2 heteroatoms. The van der Waals surface area contributed by atoms with Gasteiger partial charge in [0.25, 0.3) is 0 Å². The van der Waals surface area contributed by atoms with Crippen molar-refractivity contribution in [3.05, 3.63) is 10.5 Å². The number of carbonyl (C=O) groups is 1. The van der Waals surface area contributed by atoms with E-state index in [9.17, 15) is 4.79 Å². The summed E-state index contributed by atoms with van der Waals surface area (Å²) in [5.74, 6) is 2.20. The summed E-state index contributed by atoms with van der Waals surface area (Å²) in [5, 5.41) is 0. The summed E-state index contributed by atoms with van der Waals surface area (Å²) in [6.07, 6.45) is 5.70. The summed E-state index contributed by atoms with van der Waals surface area (Å²) in [5.41, 5.74) is 1.50. The van der Waals surface area contributed by atoms with Crippen molar-refractivity contribution in [1.29, 1.82) is 0 Å². The van der Waals surface area contributed by atoms with Crippen LogP contribution in [-0.2, 0) is 4.79 Å². The Kier molecular flexibility index (Phi) is 2.77. The zero-order valence-corrected chi connectivity index (χ0v) is 8.95. The highest BCUT2D eigenvalue weighted by molar-refractivity contribution is 8.04. The summed E-state index contributed by atoms with van der Waals surface area (Å²) in [6.45, 7) is 2.21. The summed E-state index contributed by atoms with van der Waals surface area (Å²) < 4.78 is 0. The smallest absolute Gasteiger partial charge is 0.169 e. The van der Waals surface area contributed by atoms with E-state index >= 15 is 0 Å². The Bertz CT molecular complexity index is 255. The molecule has 1 heterocycles. The molecule has 0 radical (unpaired) electrons. The first kappa shape index (κ1) is 9.32. The first-order valence-electron chi connectivity index (χ1n) is 5.22. The molecule has 0 spiro atoms. The van der Waals surface area contributed by atoms with E-state index < -0.39 is 0 Å². The van der Waals surface area contributed by atoms with Gasteiger partial charge in [-0.3, -0.25) is 4.79 Å². The Morgan fingerprint density at radius 1 is 1.54 bits per heavy atom. The molecule has 0 aromatic rings. The number of hydrogen-bond acceptors (Lipinski definition) is 2. The van der Waals surface area contributed by atoms with Crippen molar-refractivity contribution in [2.24, 2.45) is 5.92 Å². The molecule has 1 aliphatic carbocycles. The molecular formula is C11H16OS. The molecule has 1 atom stereocenters. The average Bonchev–Trinajstić information content (AvgIpc) is 2.46. The van der Waals surface area contributed by atoms with Crippen LogP contribution in [0.4, 0.5) is 0 Å². The van der Waals surface area contributed by atoms with Crippen molar-refractivity contribution in [3.8, 4) is 0 Å². The molecule has 2 aliphatic rings. The Balaban J connectivity index is 2.18. The number of hydrogen-bond donors (Lipinski definition) is 0. The van der Waals surface area contributed by atoms with Crippen molar-refractivity contribution in [1.82, 2.24) is 0 Å². The molecule has 72 valence electrons. The summed E-state index contributed by atoms with van der Waals surface area (Å²) in [4.78, 5) is 12.8. The number of allylic oxidation sites excluding steroid dienone is 2. The maximum atomic E-state index is 11.6. The maximum absolute atomic E-state index is 11.6. The Morgan fingerprint density at radius 3 is 3.15 bits per heavy atom. The first-order valence-corrected chi connectivity index (χ1v) is 6.20. The standard InChI is InChI=1S/C11H16OS/c1-2-4-8-7-10(12)11-9(8)5-3-6-13-11/h8H,2-7H2,1H3/t8-/m0/s1. The minimum atomic E-state index is 0.429. The molecular weight excluding hydrogens is 180 g/mol. The third kappa shape index (κ3) is 1.69. The Hall–Kier alpha value is -0.240. The van der Waals surface area contributed by atoms with Gasteiger partial charge in [-0.25, -0.2) is 0 Å². The fourth-order valence-corrected chi connectivity index (χ4v) is 3.55. The summed E-state index contributed by atoms with van der Waals surface area (Å²) in [6, 6.07) is 0. The SMILES string of the molecule is CCC[C@H]1CC(=O)C2=C1CCCS2. The van der Waals surface area contributed by atoms with Crippen molar-refractivity contribution < 1.29 is 4.79 Å². The molecule has 0 amide bonds. The van der Waals surface area contributed by atoms with Gasteiger partial charge in [0.2, 0.25) is 0 Å². The molecule has 0 N–H and O–H groups in total. The van der Waals surface area contributed by atoms with E-state index in [-0.39, 0.29) is 0 Å². The van der Waals surface area contributed by atoms with Gasteiger partial charge in [0.05, 0.1) is 0 Å². The van der Waals surface area contributed by atoms with Gasteiger partial charge in [-0.1, -0.05) is 13.3 Å². The van der Waals surface area contributed by atoms with Gasteiger partial charge in [0, 0.05) is 11.3 Å². The van der Waals surface area contributed by atoms with E-state index in [1.54, 1.807) is 11.8 Å². The van der Waals surface area contributed by atoms with Crippen LogP contribution in [-0.4, -0.2) is 11.5 Å². The fourth-order valence-electron chi connectivity index (χ4n) is 2.36. The van der Waals surface area contributed by atoms with Crippen molar-refractivity contribution in [2.75, 3.05) is 5.75 Å². The normalized spacial score (nSPS) is 28.1. The molecule has 1 aliphatic heterocycles. The highest BCUT2D eigenvalue weighted by atomic mass is 32.2. The number of Topliss-reactive ketones (excluding diaryl/α,β-unsaturated/α-hetero) is 1. The van der Waals surface area contributed by atoms with Gasteiger partial charge < -0.3 is 0 Å². The van der Waals surface area contributed by atoms with Crippen LogP contribution in [0, 0.1) is 5.92 Å². The molecule has 0 aromatic heterocycles. The van der Waals surface area contributed by atoms with Gasteiger partial charge in [-0.15, -0.1) is 11.8 Å². The zero-order valence-electron chi connectivity index (χ0n) is 8.14. The Labute approximate surface area is 84.0 Å². The van der Waals surface area contributed by atoms with Gasteiger partial charge in [0.1, 0.15) is 0 Å². The molecule has 0 unspecified atom stereocenters. The number of ketones is 1. The molecule has 0 saturated heterocycles. The van der Waals surface area contributed by atoms with Crippen LogP contribution in [0.1, 0.15) is 39.0 Å². The van der Waals surface area contributed by atoms with E-state index in [1.165, 1.54) is 31.3 Å². The predicted molar refractivity (Wildman–Crippen MR) is 56.7 cm³/mol. The second kappa shape index (κ2) is 3.87. The van der Waals surface area contributed by atoms with E-state index in [2.05, 4.69) is 6.92 Å². The second-order valence-corrected chi connectivity index (χ2v) is 5.02. The third-order valence-electron chi connectivity index (χ3n) is 2.94. The highest BCUT2D eigenvalue weighted by Gasteiger charge is 2.32. The summed E-state index contributed by atoms with van der Waals surface area (Å²) >= 11 is 1.80. The lowest BCUT2D eigenvalue weighted by atomic mass is 9.93. The van der Waals surface area contributed by atoms with Crippen LogP contribution in [0.15, 0.2) is 10.5 Å². The molecule has 0 aromatic carbocycles. The average molecular weight is 196 g/mol. The van der Waals surface area contributed by atoms with Crippen LogP contribution in [0.5, 0.6) is 0 Å². The predicted octanol–water partition coefficient (Wildman–Crippen LogP) is 3.16. The van der Waals surface area contributed by atoms with Crippen molar-refractivity contribution in [3.63, 3.8) is 0 Å². The minimum Gasteiger partial charge on any atom is -0.294 e.